The maximum absolute atomic E-state index is 12.1. The van der Waals surface area contributed by atoms with Gasteiger partial charge in [-0.25, -0.2) is 4.98 Å². The Bertz CT molecular complexity index is 1210. The Morgan fingerprint density at radius 1 is 1.07 bits per heavy atom. The van der Waals surface area contributed by atoms with Gasteiger partial charge in [-0.1, -0.05) is 29.4 Å². The minimum Gasteiger partial charge on any atom is -0.363 e. The highest BCUT2D eigenvalue weighted by molar-refractivity contribution is 5.99. The number of nitrogens with one attached hydrogen (secondary N) is 3. The van der Waals surface area contributed by atoms with Gasteiger partial charge in [0, 0.05) is 23.6 Å². The molecule has 0 atom stereocenters. The number of pyridine rings is 1. The van der Waals surface area contributed by atoms with Gasteiger partial charge < -0.3 is 20.1 Å². The highest BCUT2D eigenvalue weighted by Gasteiger charge is 2.30. The number of aromatic amines is 1. The second-order valence-electron chi connectivity index (χ2n) is 7.37. The van der Waals surface area contributed by atoms with E-state index in [2.05, 4.69) is 25.8 Å². The van der Waals surface area contributed by atoms with Crippen molar-refractivity contribution in [3.63, 3.8) is 0 Å². The number of rotatable bonds is 6. The third-order valence-corrected chi connectivity index (χ3v) is 5.06. The van der Waals surface area contributed by atoms with Crippen LogP contribution in [0.1, 0.15) is 18.4 Å². The lowest BCUT2D eigenvalue weighted by molar-refractivity contribution is -0.117. The van der Waals surface area contributed by atoms with E-state index in [1.165, 1.54) is 6.26 Å². The van der Waals surface area contributed by atoms with Gasteiger partial charge >= 0.3 is 0 Å². The summed E-state index contributed by atoms with van der Waals surface area (Å²) in [4.78, 5) is 31.9. The van der Waals surface area contributed by atoms with Crippen LogP contribution in [-0.2, 0) is 16.0 Å². The maximum atomic E-state index is 12.1. The molecule has 1 aromatic carbocycles. The molecule has 0 unspecified atom stereocenters. The lowest BCUT2D eigenvalue weighted by atomic mass is 10.0. The first-order chi connectivity index (χ1) is 14.7. The van der Waals surface area contributed by atoms with Gasteiger partial charge in [-0.3, -0.25) is 9.59 Å². The summed E-state index contributed by atoms with van der Waals surface area (Å²) < 4.78 is 4.71. The van der Waals surface area contributed by atoms with E-state index >= 15 is 0 Å². The molecule has 0 spiro atoms. The van der Waals surface area contributed by atoms with Crippen molar-refractivity contribution in [1.82, 2.24) is 15.1 Å². The average molecular weight is 401 g/mol. The minimum absolute atomic E-state index is 0.0211. The van der Waals surface area contributed by atoms with E-state index in [0.29, 0.717) is 11.6 Å². The number of benzene rings is 1. The monoisotopic (exact) mass is 401 g/mol. The molecule has 1 fully saturated rings. The Kier molecular flexibility index (Phi) is 4.51. The summed E-state index contributed by atoms with van der Waals surface area (Å²) >= 11 is 0. The summed E-state index contributed by atoms with van der Waals surface area (Å²) in [5, 5.41) is 10.2. The van der Waals surface area contributed by atoms with Crippen molar-refractivity contribution < 1.29 is 14.1 Å². The lowest BCUT2D eigenvalue weighted by Gasteiger charge is -2.09. The Morgan fingerprint density at radius 2 is 1.90 bits per heavy atom. The molecule has 0 radical (unpaired) electrons. The zero-order valence-corrected chi connectivity index (χ0v) is 16.0. The van der Waals surface area contributed by atoms with Crippen LogP contribution in [0.4, 0.5) is 11.6 Å². The molecule has 3 aromatic heterocycles. The van der Waals surface area contributed by atoms with E-state index in [1.54, 1.807) is 6.07 Å². The molecule has 3 heterocycles. The highest BCUT2D eigenvalue weighted by atomic mass is 16.5. The van der Waals surface area contributed by atoms with Gasteiger partial charge in [-0.15, -0.1) is 0 Å². The second kappa shape index (κ2) is 7.47. The van der Waals surface area contributed by atoms with Gasteiger partial charge in [-0.2, -0.15) is 0 Å². The molecule has 0 bridgehead atoms. The second-order valence-corrected chi connectivity index (χ2v) is 7.37. The van der Waals surface area contributed by atoms with E-state index < -0.39 is 0 Å². The molecule has 1 saturated carbocycles. The number of fused-ring (bicyclic) bond motifs is 1. The van der Waals surface area contributed by atoms with Crippen molar-refractivity contribution in [1.29, 1.82) is 0 Å². The van der Waals surface area contributed by atoms with E-state index in [-0.39, 0.29) is 24.2 Å². The molecule has 0 saturated heterocycles. The molecule has 8 heteroatoms. The van der Waals surface area contributed by atoms with Crippen molar-refractivity contribution in [3.8, 4) is 11.1 Å². The summed E-state index contributed by atoms with van der Waals surface area (Å²) in [6, 6.07) is 13.2. The third kappa shape index (κ3) is 3.80. The van der Waals surface area contributed by atoms with Crippen LogP contribution in [0.3, 0.4) is 0 Å². The smallest absolute Gasteiger partial charge is 0.230 e. The molecule has 1 aliphatic rings. The average Bonchev–Trinajstić information content (AvgIpc) is 3.27. The molecule has 150 valence electrons. The summed E-state index contributed by atoms with van der Waals surface area (Å²) in [6.45, 7) is 0. The topological polar surface area (TPSA) is 113 Å². The fraction of sp³-hybridized carbons (Fsp3) is 0.182. The number of hydrogen-bond donors (Lipinski definition) is 3. The van der Waals surface area contributed by atoms with Crippen LogP contribution in [0, 0.1) is 5.92 Å². The number of aromatic nitrogens is 3. The Hall–Kier alpha value is -3.94. The number of hydrogen-bond acceptors (Lipinski definition) is 5. The van der Waals surface area contributed by atoms with Crippen molar-refractivity contribution >= 4 is 34.5 Å². The normalized spacial score (nSPS) is 13.3. The molecular weight excluding hydrogens is 382 g/mol. The van der Waals surface area contributed by atoms with Crippen LogP contribution in [0.5, 0.6) is 0 Å². The molecule has 5 rings (SSSR count). The largest absolute Gasteiger partial charge is 0.363 e. The molecule has 30 heavy (non-hydrogen) atoms. The first-order valence-electron chi connectivity index (χ1n) is 9.74. The molecular formula is C22H19N5O3. The Balaban J connectivity index is 1.37. The number of amides is 2. The molecule has 1 aliphatic carbocycles. The number of carbonyl (C=O) groups excluding carboxylic acids is 2. The van der Waals surface area contributed by atoms with Crippen LogP contribution >= 0.6 is 0 Å². The third-order valence-electron chi connectivity index (χ3n) is 5.06. The molecule has 8 nitrogen and oxygen atoms in total. The molecule has 3 N–H and O–H groups in total. The van der Waals surface area contributed by atoms with Crippen LogP contribution in [0.25, 0.3) is 22.2 Å². The van der Waals surface area contributed by atoms with Gasteiger partial charge in [0.2, 0.25) is 11.8 Å². The predicted octanol–water partition coefficient (Wildman–Crippen LogP) is 3.75. The van der Waals surface area contributed by atoms with Crippen molar-refractivity contribution in [3.05, 3.63) is 60.5 Å². The standard InChI is InChI=1S/C22H19N5O3/c28-20(24-18-8-10-30-27-18)11-13-1-3-14(4-2-13)17-12-19(26-22(29)15-5-6-15)25-21-16(17)7-9-23-21/h1-4,7-10,12,15H,5-6,11H2,(H,24,27,28)(H2,23,25,26,29). The number of carbonyl (C=O) groups is 2. The maximum Gasteiger partial charge on any atom is 0.230 e. The number of H-pyrrole nitrogens is 1. The van der Waals surface area contributed by atoms with Gasteiger partial charge in [0.25, 0.3) is 0 Å². The van der Waals surface area contributed by atoms with Gasteiger partial charge in [0.1, 0.15) is 17.7 Å². The quantitative estimate of drug-likeness (QED) is 0.455. The van der Waals surface area contributed by atoms with Crippen LogP contribution in [0.15, 0.2) is 59.4 Å². The Morgan fingerprint density at radius 3 is 2.63 bits per heavy atom. The van der Waals surface area contributed by atoms with E-state index in [0.717, 1.165) is 40.6 Å². The summed E-state index contributed by atoms with van der Waals surface area (Å²) in [6.07, 6.45) is 5.34. The SMILES string of the molecule is O=C(Cc1ccc(-c2cc(NC(=O)C3CC3)nc3[nH]ccc23)cc1)Nc1ccon1. The summed E-state index contributed by atoms with van der Waals surface area (Å²) in [7, 11) is 0. The number of anilines is 2. The van der Waals surface area contributed by atoms with Crippen LogP contribution in [0.2, 0.25) is 0 Å². The van der Waals surface area contributed by atoms with Gasteiger partial charge in [0.15, 0.2) is 5.82 Å². The van der Waals surface area contributed by atoms with Crippen molar-refractivity contribution in [2.75, 3.05) is 10.6 Å². The molecule has 4 aromatic rings. The van der Waals surface area contributed by atoms with E-state index in [1.807, 2.05) is 42.6 Å². The fourth-order valence-corrected chi connectivity index (χ4v) is 3.37. The van der Waals surface area contributed by atoms with Crippen LogP contribution < -0.4 is 10.6 Å². The predicted molar refractivity (Wildman–Crippen MR) is 112 cm³/mol. The first kappa shape index (κ1) is 18.1. The van der Waals surface area contributed by atoms with Crippen LogP contribution in [-0.4, -0.2) is 26.9 Å². The zero-order valence-electron chi connectivity index (χ0n) is 16.0. The first-order valence-corrected chi connectivity index (χ1v) is 9.74. The van der Waals surface area contributed by atoms with Gasteiger partial charge in [0.05, 0.1) is 6.42 Å². The van der Waals surface area contributed by atoms with Crippen molar-refractivity contribution in [2.45, 2.75) is 19.3 Å². The minimum atomic E-state index is -0.168. The zero-order chi connectivity index (χ0) is 20.5. The fourth-order valence-electron chi connectivity index (χ4n) is 3.37. The summed E-state index contributed by atoms with van der Waals surface area (Å²) in [5.41, 5.74) is 3.53. The highest BCUT2D eigenvalue weighted by Crippen LogP contribution is 2.33. The van der Waals surface area contributed by atoms with Gasteiger partial charge in [-0.05, 0) is 41.7 Å². The number of nitrogens with zero attached hydrogens (tertiary/aromatic N) is 2. The molecule has 0 aliphatic heterocycles. The lowest BCUT2D eigenvalue weighted by Crippen LogP contribution is -2.14. The Labute approximate surface area is 171 Å². The summed E-state index contributed by atoms with van der Waals surface area (Å²) in [5.74, 6) is 0.890. The van der Waals surface area contributed by atoms with E-state index in [4.69, 9.17) is 4.52 Å². The van der Waals surface area contributed by atoms with E-state index in [9.17, 15) is 9.59 Å². The molecule has 2 amide bonds. The van der Waals surface area contributed by atoms with Crippen molar-refractivity contribution in [2.24, 2.45) is 5.92 Å².